The highest BCUT2D eigenvalue weighted by molar-refractivity contribution is 5.88. The molecule has 344 valence electrons. The Hall–Kier alpha value is -6.44. The summed E-state index contributed by atoms with van der Waals surface area (Å²) in [6, 6.07) is 66.9. The molecule has 0 N–H and O–H groups in total. The van der Waals surface area contributed by atoms with Crippen LogP contribution in [0.5, 0.6) is 0 Å². The molecular weight excluding hydrogens is 819 g/mol. The smallest absolute Gasteiger partial charge is 0.0470 e. The number of nitrogens with zero attached hydrogens (tertiary/aromatic N) is 1. The molecule has 1 nitrogen and oxygen atoms in total. The van der Waals surface area contributed by atoms with Gasteiger partial charge in [0.05, 0.1) is 0 Å². The van der Waals surface area contributed by atoms with Crippen molar-refractivity contribution >= 4 is 17.1 Å². The first-order chi connectivity index (χ1) is 31.9. The molecule has 0 saturated carbocycles. The van der Waals surface area contributed by atoms with Crippen LogP contribution >= 0.6 is 0 Å². The van der Waals surface area contributed by atoms with Crippen molar-refractivity contribution < 1.29 is 0 Å². The van der Waals surface area contributed by atoms with Gasteiger partial charge in [-0.15, -0.1) is 0 Å². The van der Waals surface area contributed by atoms with Crippen LogP contribution in [-0.2, 0) is 27.1 Å². The quantitative estimate of drug-likeness (QED) is 0.154. The van der Waals surface area contributed by atoms with Gasteiger partial charge in [0.2, 0.25) is 0 Å². The molecule has 1 aliphatic carbocycles. The highest BCUT2D eigenvalue weighted by Gasteiger charge is 2.36. The summed E-state index contributed by atoms with van der Waals surface area (Å²) in [4.78, 5) is 2.48. The van der Waals surface area contributed by atoms with Gasteiger partial charge in [0.25, 0.3) is 0 Å². The van der Waals surface area contributed by atoms with Gasteiger partial charge in [-0.3, -0.25) is 0 Å². The van der Waals surface area contributed by atoms with E-state index in [0.29, 0.717) is 0 Å². The van der Waals surface area contributed by atoms with Crippen molar-refractivity contribution in [1.29, 1.82) is 0 Å². The summed E-state index contributed by atoms with van der Waals surface area (Å²) in [5.41, 5.74) is 23.9. The second-order valence-electron chi connectivity index (χ2n) is 24.1. The van der Waals surface area contributed by atoms with Crippen LogP contribution in [0.3, 0.4) is 0 Å². The molecule has 8 aromatic carbocycles. The zero-order valence-electron chi connectivity index (χ0n) is 43.2. The molecule has 0 fully saturated rings. The van der Waals surface area contributed by atoms with Gasteiger partial charge >= 0.3 is 0 Å². The third-order valence-electron chi connectivity index (χ3n) is 14.4. The Labute approximate surface area is 409 Å². The van der Waals surface area contributed by atoms with E-state index in [1.165, 1.54) is 89.0 Å². The number of fused-ring (bicyclic) bond motifs is 3. The Morgan fingerprint density at radius 2 is 0.691 bits per heavy atom. The zero-order valence-corrected chi connectivity index (χ0v) is 43.2. The van der Waals surface area contributed by atoms with Gasteiger partial charge in [-0.25, -0.2) is 0 Å². The van der Waals surface area contributed by atoms with Crippen molar-refractivity contribution in [3.63, 3.8) is 0 Å². The maximum absolute atomic E-state index is 2.48. The third kappa shape index (κ3) is 9.13. The lowest BCUT2D eigenvalue weighted by Crippen LogP contribution is -2.17. The lowest BCUT2D eigenvalue weighted by atomic mass is 9.78. The number of anilines is 3. The summed E-state index contributed by atoms with van der Waals surface area (Å²) in [6.07, 6.45) is 0. The van der Waals surface area contributed by atoms with E-state index in [1.54, 1.807) is 0 Å². The lowest BCUT2D eigenvalue weighted by molar-refractivity contribution is 0.569. The standard InChI is InChI=1S/C67H71N/c1-63(2,3)52-34-48(33-49(35-52)50-36-53(64(4,5)6)41-54(37-50)65(7,8)9)45-27-29-46(30-28-45)51-38-55(66(10,11)12)42-58(40-51)68(56-24-20-23-47(39-56)44-21-16-15-17-22-44)57-31-32-60-59-25-18-19-26-61(59)67(13,14)62(60)43-57/h15-43H,1-14H3. The van der Waals surface area contributed by atoms with Crippen molar-refractivity contribution in [2.24, 2.45) is 0 Å². The summed E-state index contributed by atoms with van der Waals surface area (Å²) in [6.45, 7) is 32.7. The van der Waals surface area contributed by atoms with Crippen LogP contribution in [0.2, 0.25) is 0 Å². The predicted molar refractivity (Wildman–Crippen MR) is 295 cm³/mol. The molecule has 9 rings (SSSR count). The Balaban J connectivity index is 1.18. The van der Waals surface area contributed by atoms with Crippen LogP contribution in [0.1, 0.15) is 130 Å². The lowest BCUT2D eigenvalue weighted by Gasteiger charge is -2.30. The number of hydrogen-bond donors (Lipinski definition) is 0. The van der Waals surface area contributed by atoms with Gasteiger partial charge in [-0.2, -0.15) is 0 Å². The summed E-state index contributed by atoms with van der Waals surface area (Å²) < 4.78 is 0. The highest BCUT2D eigenvalue weighted by Crippen LogP contribution is 2.51. The zero-order chi connectivity index (χ0) is 48.6. The van der Waals surface area contributed by atoms with Crippen molar-refractivity contribution in [3.05, 3.63) is 209 Å². The van der Waals surface area contributed by atoms with Crippen molar-refractivity contribution in [3.8, 4) is 55.6 Å². The fraction of sp³-hybridized carbons (Fsp3) is 0.284. The maximum Gasteiger partial charge on any atom is 0.0470 e. The van der Waals surface area contributed by atoms with Gasteiger partial charge in [0, 0.05) is 22.5 Å². The molecule has 0 aliphatic heterocycles. The Morgan fingerprint density at radius 3 is 1.26 bits per heavy atom. The van der Waals surface area contributed by atoms with Crippen LogP contribution < -0.4 is 4.90 Å². The fourth-order valence-electron chi connectivity index (χ4n) is 9.98. The molecule has 1 aliphatic rings. The molecular formula is C67H71N. The Kier molecular flexibility index (Phi) is 11.6. The maximum atomic E-state index is 2.48. The molecule has 0 bridgehead atoms. The molecule has 0 radical (unpaired) electrons. The molecule has 1 heteroatoms. The van der Waals surface area contributed by atoms with Gasteiger partial charge in [-0.05, 0) is 153 Å². The first-order valence-electron chi connectivity index (χ1n) is 24.7. The largest absolute Gasteiger partial charge is 0.310 e. The van der Waals surface area contributed by atoms with E-state index in [2.05, 4.69) is 278 Å². The first-order valence-corrected chi connectivity index (χ1v) is 24.7. The van der Waals surface area contributed by atoms with E-state index in [4.69, 9.17) is 0 Å². The van der Waals surface area contributed by atoms with E-state index in [0.717, 1.165) is 17.1 Å². The molecule has 68 heavy (non-hydrogen) atoms. The topological polar surface area (TPSA) is 3.24 Å². The number of hydrogen-bond acceptors (Lipinski definition) is 1. The van der Waals surface area contributed by atoms with Crippen molar-refractivity contribution in [2.45, 2.75) is 124 Å². The highest BCUT2D eigenvalue weighted by atomic mass is 15.1. The summed E-state index contributed by atoms with van der Waals surface area (Å²) in [5.74, 6) is 0. The fourth-order valence-corrected chi connectivity index (χ4v) is 9.98. The number of rotatable bonds is 7. The SMILES string of the molecule is CC(C)(C)c1cc(-c2ccc(-c3cc(N(c4cccc(-c5ccccc5)c4)c4ccc5c(c4)C(C)(C)c4ccccc4-5)cc(C(C)(C)C)c3)cc2)cc(-c2cc(C(C)(C)C)cc(C(C)(C)C)c2)c1. The van der Waals surface area contributed by atoms with E-state index >= 15 is 0 Å². The summed E-state index contributed by atoms with van der Waals surface area (Å²) in [7, 11) is 0. The molecule has 0 heterocycles. The Morgan fingerprint density at radius 1 is 0.279 bits per heavy atom. The molecule has 8 aromatic rings. The Bertz CT molecular complexity index is 3120. The summed E-state index contributed by atoms with van der Waals surface area (Å²) in [5, 5.41) is 0. The van der Waals surface area contributed by atoms with Crippen LogP contribution in [0.25, 0.3) is 55.6 Å². The molecule has 0 unspecified atom stereocenters. The van der Waals surface area contributed by atoms with Crippen LogP contribution in [0.15, 0.2) is 176 Å². The van der Waals surface area contributed by atoms with Gasteiger partial charge in [0.1, 0.15) is 0 Å². The van der Waals surface area contributed by atoms with Crippen molar-refractivity contribution in [2.75, 3.05) is 4.90 Å². The molecule has 0 atom stereocenters. The second-order valence-corrected chi connectivity index (χ2v) is 24.1. The second kappa shape index (κ2) is 17.0. The van der Waals surface area contributed by atoms with E-state index in [9.17, 15) is 0 Å². The molecule has 0 saturated heterocycles. The predicted octanol–water partition coefficient (Wildman–Crippen LogP) is 19.3. The average Bonchev–Trinajstić information content (AvgIpc) is 3.53. The normalized spacial score (nSPS) is 13.6. The molecule has 0 aromatic heterocycles. The minimum Gasteiger partial charge on any atom is -0.310 e. The molecule has 0 spiro atoms. The van der Waals surface area contributed by atoms with Crippen LogP contribution in [0.4, 0.5) is 17.1 Å². The van der Waals surface area contributed by atoms with Gasteiger partial charge in [-0.1, -0.05) is 230 Å². The minimum atomic E-state index is -0.126. The van der Waals surface area contributed by atoms with Crippen molar-refractivity contribution in [1.82, 2.24) is 0 Å². The van der Waals surface area contributed by atoms with Gasteiger partial charge < -0.3 is 4.90 Å². The third-order valence-corrected chi connectivity index (χ3v) is 14.4. The van der Waals surface area contributed by atoms with E-state index in [-0.39, 0.29) is 27.1 Å². The van der Waals surface area contributed by atoms with Crippen LogP contribution in [0, 0.1) is 0 Å². The van der Waals surface area contributed by atoms with E-state index < -0.39 is 0 Å². The number of benzene rings is 8. The molecule has 0 amide bonds. The average molecular weight is 890 g/mol. The van der Waals surface area contributed by atoms with Gasteiger partial charge in [0.15, 0.2) is 0 Å². The first kappa shape index (κ1) is 46.7. The minimum absolute atomic E-state index is 0.0198. The summed E-state index contributed by atoms with van der Waals surface area (Å²) >= 11 is 0. The van der Waals surface area contributed by atoms with Crippen LogP contribution in [-0.4, -0.2) is 0 Å². The van der Waals surface area contributed by atoms with E-state index in [1.807, 2.05) is 0 Å². The monoisotopic (exact) mass is 890 g/mol.